The van der Waals surface area contributed by atoms with E-state index >= 15 is 0 Å². The summed E-state index contributed by atoms with van der Waals surface area (Å²) in [5.41, 5.74) is 5.71. The molecule has 8 nitrogen and oxygen atoms in total. The third-order valence-electron chi connectivity index (χ3n) is 3.92. The highest BCUT2D eigenvalue weighted by molar-refractivity contribution is 9.10. The highest BCUT2D eigenvalue weighted by Crippen LogP contribution is 2.30. The highest BCUT2D eigenvalue weighted by atomic mass is 79.9. The molecule has 0 heterocycles. The summed E-state index contributed by atoms with van der Waals surface area (Å²) in [4.78, 5) is 23.3. The number of nitrogens with one attached hydrogen (secondary N) is 1. The second-order valence-electron chi connectivity index (χ2n) is 5.89. The van der Waals surface area contributed by atoms with Crippen LogP contribution >= 0.6 is 15.9 Å². The average molecular weight is 424 g/mol. The van der Waals surface area contributed by atoms with Crippen LogP contribution < -0.4 is 15.8 Å². The van der Waals surface area contributed by atoms with E-state index in [4.69, 9.17) is 15.7 Å². The van der Waals surface area contributed by atoms with Crippen LogP contribution in [0.1, 0.15) is 18.9 Å². The lowest BCUT2D eigenvalue weighted by molar-refractivity contribution is -0.125. The number of ether oxygens (including phenoxy) is 1. The van der Waals surface area contributed by atoms with Crippen LogP contribution in [0.25, 0.3) is 0 Å². The van der Waals surface area contributed by atoms with Crippen LogP contribution in [-0.4, -0.2) is 46.4 Å². The number of nitrogens with two attached hydrogens (primary N) is 1. The lowest BCUT2D eigenvalue weighted by Crippen LogP contribution is -2.47. The number of halogens is 1. The SMILES string of the molecule is CC(NC(=O)C1=CC(Oc2ccc(C#N)cc2Br)C(O)C(O)C1)C(N)=O. The van der Waals surface area contributed by atoms with Crippen molar-refractivity contribution in [2.45, 2.75) is 37.7 Å². The van der Waals surface area contributed by atoms with Gasteiger partial charge in [0, 0.05) is 12.0 Å². The second-order valence-corrected chi connectivity index (χ2v) is 6.75. The van der Waals surface area contributed by atoms with E-state index in [-0.39, 0.29) is 12.0 Å². The quantitative estimate of drug-likeness (QED) is 0.528. The van der Waals surface area contributed by atoms with Gasteiger partial charge in [-0.15, -0.1) is 0 Å². The summed E-state index contributed by atoms with van der Waals surface area (Å²) >= 11 is 3.27. The van der Waals surface area contributed by atoms with Gasteiger partial charge in [-0.25, -0.2) is 0 Å². The van der Waals surface area contributed by atoms with Crippen molar-refractivity contribution in [3.63, 3.8) is 0 Å². The summed E-state index contributed by atoms with van der Waals surface area (Å²) < 4.78 is 6.18. The topological polar surface area (TPSA) is 146 Å². The molecular weight excluding hydrogens is 406 g/mol. The predicted octanol–water partition coefficient (Wildman–Crippen LogP) is 0.110. The number of carbonyl (C=O) groups excluding carboxylic acids is 2. The van der Waals surface area contributed by atoms with Crippen LogP contribution in [0, 0.1) is 11.3 Å². The molecule has 2 rings (SSSR count). The van der Waals surface area contributed by atoms with Gasteiger partial charge in [0.25, 0.3) is 0 Å². The van der Waals surface area contributed by atoms with Crippen LogP contribution in [-0.2, 0) is 9.59 Å². The molecule has 0 fully saturated rings. The minimum atomic E-state index is -1.25. The summed E-state index contributed by atoms with van der Waals surface area (Å²) in [6.07, 6.45) is -2.15. The second kappa shape index (κ2) is 8.31. The van der Waals surface area contributed by atoms with Crippen LogP contribution in [0.2, 0.25) is 0 Å². The van der Waals surface area contributed by atoms with Crippen molar-refractivity contribution in [1.29, 1.82) is 5.26 Å². The minimum Gasteiger partial charge on any atom is -0.482 e. The van der Waals surface area contributed by atoms with Gasteiger partial charge >= 0.3 is 0 Å². The van der Waals surface area contributed by atoms with E-state index in [0.29, 0.717) is 15.8 Å². The normalized spacial score (nSPS) is 23.3. The maximum absolute atomic E-state index is 12.2. The van der Waals surface area contributed by atoms with Crippen molar-refractivity contribution in [3.8, 4) is 11.8 Å². The Bertz CT molecular complexity index is 789. The van der Waals surface area contributed by atoms with Crippen LogP contribution in [0.4, 0.5) is 0 Å². The summed E-state index contributed by atoms with van der Waals surface area (Å²) in [5.74, 6) is -0.928. The molecule has 4 unspecified atom stereocenters. The van der Waals surface area contributed by atoms with Crippen molar-refractivity contribution in [3.05, 3.63) is 39.9 Å². The molecule has 0 bridgehead atoms. The van der Waals surface area contributed by atoms with Crippen LogP contribution in [0.15, 0.2) is 34.3 Å². The van der Waals surface area contributed by atoms with Gasteiger partial charge in [-0.05, 0) is 47.1 Å². The standard InChI is InChI=1S/C17H18BrN3O5/c1-8(16(20)24)21-17(25)10-5-12(22)15(23)14(6-10)26-13-3-2-9(7-19)4-11(13)18/h2-4,6,8,12,14-15,22-23H,5H2,1H3,(H2,20,24)(H,21,25). The number of nitriles is 1. The molecule has 1 aromatic rings. The Hall–Kier alpha value is -2.41. The Morgan fingerprint density at radius 2 is 2.15 bits per heavy atom. The zero-order valence-electron chi connectivity index (χ0n) is 13.8. The van der Waals surface area contributed by atoms with E-state index in [1.54, 1.807) is 12.1 Å². The van der Waals surface area contributed by atoms with Gasteiger partial charge in [0.2, 0.25) is 11.8 Å². The lowest BCUT2D eigenvalue weighted by Gasteiger charge is -2.31. The smallest absolute Gasteiger partial charge is 0.247 e. The largest absolute Gasteiger partial charge is 0.482 e. The Morgan fingerprint density at radius 1 is 1.46 bits per heavy atom. The van der Waals surface area contributed by atoms with Crippen LogP contribution in [0.3, 0.4) is 0 Å². The average Bonchev–Trinajstić information content (AvgIpc) is 2.59. The maximum Gasteiger partial charge on any atom is 0.247 e. The molecule has 2 amide bonds. The van der Waals surface area contributed by atoms with Crippen molar-refractivity contribution in [1.82, 2.24) is 5.32 Å². The first-order chi connectivity index (χ1) is 12.2. The fourth-order valence-electron chi connectivity index (χ4n) is 2.38. The number of hydrogen-bond donors (Lipinski definition) is 4. The summed E-state index contributed by atoms with van der Waals surface area (Å²) in [6, 6.07) is 5.74. The molecule has 0 spiro atoms. The van der Waals surface area contributed by atoms with E-state index in [9.17, 15) is 19.8 Å². The first-order valence-corrected chi connectivity index (χ1v) is 8.55. The fourth-order valence-corrected chi connectivity index (χ4v) is 2.85. The van der Waals surface area contributed by atoms with Gasteiger partial charge in [0.1, 0.15) is 24.0 Å². The van der Waals surface area contributed by atoms with Gasteiger partial charge in [0.05, 0.1) is 22.2 Å². The number of nitrogens with zero attached hydrogens (tertiary/aromatic N) is 1. The molecule has 0 aromatic heterocycles. The van der Waals surface area contributed by atoms with Crippen molar-refractivity contribution in [2.24, 2.45) is 5.73 Å². The molecule has 1 aliphatic rings. The molecule has 4 atom stereocenters. The van der Waals surface area contributed by atoms with E-state index in [1.165, 1.54) is 19.1 Å². The number of aliphatic hydroxyl groups excluding tert-OH is 2. The zero-order chi connectivity index (χ0) is 19.4. The molecule has 26 heavy (non-hydrogen) atoms. The zero-order valence-corrected chi connectivity index (χ0v) is 15.4. The molecule has 0 saturated carbocycles. The van der Waals surface area contributed by atoms with E-state index < -0.39 is 36.2 Å². The van der Waals surface area contributed by atoms with Crippen molar-refractivity contribution < 1.29 is 24.5 Å². The van der Waals surface area contributed by atoms with Gasteiger partial charge in [-0.3, -0.25) is 9.59 Å². The molecule has 9 heteroatoms. The Balaban J connectivity index is 2.22. The molecule has 1 aromatic carbocycles. The molecule has 5 N–H and O–H groups in total. The molecule has 0 radical (unpaired) electrons. The lowest BCUT2D eigenvalue weighted by atomic mass is 9.91. The third kappa shape index (κ3) is 4.60. The van der Waals surface area contributed by atoms with E-state index in [2.05, 4.69) is 21.2 Å². The number of rotatable bonds is 5. The summed E-state index contributed by atoms with van der Waals surface area (Å²) in [7, 11) is 0. The highest BCUT2D eigenvalue weighted by Gasteiger charge is 2.35. The number of carbonyl (C=O) groups is 2. The first-order valence-electron chi connectivity index (χ1n) is 7.76. The van der Waals surface area contributed by atoms with E-state index in [1.807, 2.05) is 6.07 Å². The first kappa shape index (κ1) is 19.9. The van der Waals surface area contributed by atoms with Crippen molar-refractivity contribution >= 4 is 27.7 Å². The Labute approximate surface area is 158 Å². The third-order valence-corrected chi connectivity index (χ3v) is 4.54. The molecule has 0 aliphatic heterocycles. The number of amides is 2. The Kier molecular flexibility index (Phi) is 6.37. The van der Waals surface area contributed by atoms with Gasteiger partial charge in [-0.2, -0.15) is 5.26 Å². The number of benzene rings is 1. The van der Waals surface area contributed by atoms with Crippen LogP contribution in [0.5, 0.6) is 5.75 Å². The Morgan fingerprint density at radius 3 is 2.73 bits per heavy atom. The monoisotopic (exact) mass is 423 g/mol. The number of primary amides is 1. The maximum atomic E-state index is 12.2. The number of hydrogen-bond acceptors (Lipinski definition) is 6. The molecular formula is C17H18BrN3O5. The summed E-state index contributed by atoms with van der Waals surface area (Å²) in [5, 5.41) is 31.5. The number of aliphatic hydroxyl groups is 2. The van der Waals surface area contributed by atoms with Gasteiger partial charge in [0.15, 0.2) is 0 Å². The summed E-state index contributed by atoms with van der Waals surface area (Å²) in [6.45, 7) is 1.44. The molecule has 1 aliphatic carbocycles. The van der Waals surface area contributed by atoms with E-state index in [0.717, 1.165) is 0 Å². The van der Waals surface area contributed by atoms with Gasteiger partial charge in [-0.1, -0.05) is 0 Å². The fraction of sp³-hybridized carbons (Fsp3) is 0.353. The van der Waals surface area contributed by atoms with Crippen molar-refractivity contribution in [2.75, 3.05) is 0 Å². The predicted molar refractivity (Wildman–Crippen MR) is 94.8 cm³/mol. The van der Waals surface area contributed by atoms with Gasteiger partial charge < -0.3 is 26.0 Å². The molecule has 138 valence electrons. The minimum absolute atomic E-state index is 0.0904. The molecule has 0 saturated heterocycles.